The van der Waals surface area contributed by atoms with Gasteiger partial charge in [0.1, 0.15) is 0 Å². The molecular formula is C12H21N3O. The molecule has 2 saturated heterocycles. The monoisotopic (exact) mass is 223 g/mol. The van der Waals surface area contributed by atoms with Crippen LogP contribution in [0, 0.1) is 0 Å². The van der Waals surface area contributed by atoms with Crippen LogP contribution in [0.15, 0.2) is 0 Å². The predicted molar refractivity (Wildman–Crippen MR) is 61.7 cm³/mol. The highest BCUT2D eigenvalue weighted by molar-refractivity contribution is 5.83. The molecule has 1 amide bonds. The Labute approximate surface area is 96.9 Å². The van der Waals surface area contributed by atoms with Gasteiger partial charge in [0.25, 0.3) is 5.91 Å². The molecule has 16 heavy (non-hydrogen) atoms. The summed E-state index contributed by atoms with van der Waals surface area (Å²) in [6, 6.07) is 0.740. The van der Waals surface area contributed by atoms with E-state index >= 15 is 0 Å². The Morgan fingerprint density at radius 2 is 1.75 bits per heavy atom. The third-order valence-corrected chi connectivity index (χ3v) is 3.87. The molecule has 0 aromatic rings. The van der Waals surface area contributed by atoms with Crippen LogP contribution >= 0.6 is 0 Å². The van der Waals surface area contributed by atoms with Gasteiger partial charge in [0.15, 0.2) is 0 Å². The van der Waals surface area contributed by atoms with Crippen LogP contribution in [0.1, 0.15) is 38.5 Å². The zero-order valence-electron chi connectivity index (χ0n) is 9.82. The van der Waals surface area contributed by atoms with Crippen molar-refractivity contribution in [2.75, 3.05) is 19.6 Å². The fourth-order valence-corrected chi connectivity index (χ4v) is 2.75. The van der Waals surface area contributed by atoms with Gasteiger partial charge >= 0.3 is 0 Å². The van der Waals surface area contributed by atoms with Crippen LogP contribution in [0.3, 0.4) is 0 Å². The molecule has 0 spiro atoms. The van der Waals surface area contributed by atoms with Crippen molar-refractivity contribution < 1.29 is 4.79 Å². The Morgan fingerprint density at radius 3 is 2.44 bits per heavy atom. The van der Waals surface area contributed by atoms with Gasteiger partial charge in [0.05, 0.1) is 6.04 Å². The summed E-state index contributed by atoms with van der Waals surface area (Å²) in [6.07, 6.45) is 7.31. The van der Waals surface area contributed by atoms with Crippen LogP contribution in [-0.2, 0) is 4.79 Å². The summed E-state index contributed by atoms with van der Waals surface area (Å²) in [5, 5.41) is 7.72. The number of hydrazine groups is 1. The molecule has 1 saturated carbocycles. The van der Waals surface area contributed by atoms with Crippen LogP contribution in [0.25, 0.3) is 0 Å². The molecule has 2 aliphatic heterocycles. The van der Waals surface area contributed by atoms with E-state index in [9.17, 15) is 4.79 Å². The highest BCUT2D eigenvalue weighted by Crippen LogP contribution is 2.24. The van der Waals surface area contributed by atoms with Crippen LogP contribution in [0.5, 0.6) is 0 Å². The normalized spacial score (nSPS) is 32.4. The van der Waals surface area contributed by atoms with E-state index < -0.39 is 0 Å². The molecule has 4 nitrogen and oxygen atoms in total. The first-order valence-electron chi connectivity index (χ1n) is 6.67. The van der Waals surface area contributed by atoms with Gasteiger partial charge in [-0.1, -0.05) is 6.42 Å². The van der Waals surface area contributed by atoms with E-state index in [2.05, 4.69) is 10.3 Å². The number of carbonyl (C=O) groups excluding carboxylic acids is 1. The molecule has 0 radical (unpaired) electrons. The van der Waals surface area contributed by atoms with Crippen LogP contribution in [0.2, 0.25) is 0 Å². The molecule has 2 heterocycles. The minimum absolute atomic E-state index is 0.106. The Bertz CT molecular complexity index is 271. The number of hydrogen-bond donors (Lipinski definition) is 1. The van der Waals surface area contributed by atoms with Gasteiger partial charge in [-0.15, -0.1) is 0 Å². The lowest BCUT2D eigenvalue weighted by Crippen LogP contribution is -2.49. The second kappa shape index (κ2) is 4.34. The van der Waals surface area contributed by atoms with Crippen molar-refractivity contribution in [2.45, 2.75) is 50.6 Å². The lowest BCUT2D eigenvalue weighted by molar-refractivity contribution is -0.146. The van der Waals surface area contributed by atoms with E-state index in [-0.39, 0.29) is 6.04 Å². The first kappa shape index (κ1) is 10.5. The number of nitrogens with one attached hydrogen (secondary N) is 1. The van der Waals surface area contributed by atoms with Crippen molar-refractivity contribution in [3.05, 3.63) is 0 Å². The highest BCUT2D eigenvalue weighted by Gasteiger charge is 2.38. The van der Waals surface area contributed by atoms with Crippen molar-refractivity contribution in [3.8, 4) is 0 Å². The minimum atomic E-state index is 0.106. The number of nitrogens with zero attached hydrogens (tertiary/aromatic N) is 2. The van der Waals surface area contributed by atoms with Gasteiger partial charge in [-0.2, -0.15) is 0 Å². The molecule has 1 unspecified atom stereocenters. The lowest BCUT2D eigenvalue weighted by atomic mass is 10.2. The Hall–Kier alpha value is -0.610. The molecular weight excluding hydrogens is 202 g/mol. The predicted octanol–water partition coefficient (Wildman–Crippen LogP) is 0.740. The Kier molecular flexibility index (Phi) is 2.86. The van der Waals surface area contributed by atoms with Gasteiger partial charge < -0.3 is 5.32 Å². The number of piperidine rings is 1. The second-order valence-corrected chi connectivity index (χ2v) is 5.26. The maximum atomic E-state index is 12.2. The number of rotatable bonds is 3. The maximum Gasteiger partial charge on any atom is 0.254 e. The maximum absolute atomic E-state index is 12.2. The van der Waals surface area contributed by atoms with Gasteiger partial charge in [0.2, 0.25) is 0 Å². The van der Waals surface area contributed by atoms with Crippen molar-refractivity contribution in [1.82, 2.24) is 15.3 Å². The molecule has 3 fully saturated rings. The van der Waals surface area contributed by atoms with Crippen molar-refractivity contribution >= 4 is 5.91 Å². The summed E-state index contributed by atoms with van der Waals surface area (Å²) >= 11 is 0. The highest BCUT2D eigenvalue weighted by atomic mass is 16.2. The Balaban J connectivity index is 1.57. The van der Waals surface area contributed by atoms with E-state index in [0.29, 0.717) is 11.9 Å². The molecule has 90 valence electrons. The van der Waals surface area contributed by atoms with E-state index in [1.807, 2.05) is 5.01 Å². The first-order valence-corrected chi connectivity index (χ1v) is 6.67. The SMILES string of the molecule is O=C1C(NC2CC2)CCN1N1CCCCC1. The third-order valence-electron chi connectivity index (χ3n) is 3.87. The van der Waals surface area contributed by atoms with E-state index in [1.165, 1.54) is 32.1 Å². The fraction of sp³-hybridized carbons (Fsp3) is 0.917. The summed E-state index contributed by atoms with van der Waals surface area (Å²) in [4.78, 5) is 12.2. The average molecular weight is 223 g/mol. The third kappa shape index (κ3) is 2.09. The number of carbonyl (C=O) groups is 1. The molecule has 0 aromatic heterocycles. The van der Waals surface area contributed by atoms with Crippen molar-refractivity contribution in [2.24, 2.45) is 0 Å². The van der Waals surface area contributed by atoms with Crippen molar-refractivity contribution in [1.29, 1.82) is 0 Å². The first-order chi connectivity index (χ1) is 7.84. The Morgan fingerprint density at radius 1 is 1.00 bits per heavy atom. The topological polar surface area (TPSA) is 35.6 Å². The minimum Gasteiger partial charge on any atom is -0.303 e. The van der Waals surface area contributed by atoms with E-state index in [1.54, 1.807) is 0 Å². The molecule has 1 N–H and O–H groups in total. The fourth-order valence-electron chi connectivity index (χ4n) is 2.75. The largest absolute Gasteiger partial charge is 0.303 e. The lowest BCUT2D eigenvalue weighted by Gasteiger charge is -2.34. The zero-order valence-corrected chi connectivity index (χ0v) is 9.82. The molecule has 1 atom stereocenters. The standard InChI is InChI=1S/C12H21N3O/c16-12-11(13-10-4-5-10)6-9-15(12)14-7-2-1-3-8-14/h10-11,13H,1-9H2. The summed E-state index contributed by atoms with van der Waals surface area (Å²) in [6.45, 7) is 3.06. The van der Waals surface area contributed by atoms with Crippen molar-refractivity contribution in [3.63, 3.8) is 0 Å². The molecule has 3 rings (SSSR count). The zero-order chi connectivity index (χ0) is 11.0. The van der Waals surface area contributed by atoms with E-state index in [0.717, 1.165) is 26.1 Å². The number of hydrogen-bond acceptors (Lipinski definition) is 3. The molecule has 1 aliphatic carbocycles. The molecule has 4 heteroatoms. The molecule has 0 bridgehead atoms. The summed E-state index contributed by atoms with van der Waals surface area (Å²) in [5.41, 5.74) is 0. The second-order valence-electron chi connectivity index (χ2n) is 5.26. The van der Waals surface area contributed by atoms with Gasteiger partial charge in [-0.25, -0.2) is 5.01 Å². The van der Waals surface area contributed by atoms with Crippen LogP contribution in [-0.4, -0.2) is 47.6 Å². The molecule has 3 aliphatic rings. The average Bonchev–Trinajstić information content (AvgIpc) is 3.06. The van der Waals surface area contributed by atoms with Crippen LogP contribution < -0.4 is 5.32 Å². The summed E-state index contributed by atoms with van der Waals surface area (Å²) in [5.74, 6) is 0.314. The van der Waals surface area contributed by atoms with Gasteiger partial charge in [-0.05, 0) is 32.1 Å². The summed E-state index contributed by atoms with van der Waals surface area (Å²) in [7, 11) is 0. The van der Waals surface area contributed by atoms with Crippen LogP contribution in [0.4, 0.5) is 0 Å². The quantitative estimate of drug-likeness (QED) is 0.766. The molecule has 0 aromatic carbocycles. The van der Waals surface area contributed by atoms with Gasteiger partial charge in [0, 0.05) is 25.7 Å². The number of amides is 1. The summed E-state index contributed by atoms with van der Waals surface area (Å²) < 4.78 is 0. The smallest absolute Gasteiger partial charge is 0.254 e. The van der Waals surface area contributed by atoms with Gasteiger partial charge in [-0.3, -0.25) is 9.80 Å². The van der Waals surface area contributed by atoms with E-state index in [4.69, 9.17) is 0 Å².